The maximum Gasteiger partial charge on any atom is 0.262 e. The van der Waals surface area contributed by atoms with E-state index in [2.05, 4.69) is 5.32 Å². The highest BCUT2D eigenvalue weighted by atomic mass is 16.5. The largest absolute Gasteiger partial charge is 0.497 e. The van der Waals surface area contributed by atoms with Gasteiger partial charge in [-0.1, -0.05) is 12.1 Å². The van der Waals surface area contributed by atoms with Crippen molar-refractivity contribution < 1.29 is 19.0 Å². The third-order valence-corrected chi connectivity index (χ3v) is 4.34. The van der Waals surface area contributed by atoms with Crippen LogP contribution in [0.5, 0.6) is 17.2 Å². The van der Waals surface area contributed by atoms with Crippen molar-refractivity contribution in [1.82, 2.24) is 4.57 Å². The van der Waals surface area contributed by atoms with Gasteiger partial charge in [0.25, 0.3) is 11.5 Å². The standard InChI is InChI=1S/C21H22N2O5/c1-4-23-17-8-6-5-7-15(17)19(12-21(23)25)28-13-20(24)22-16-11-14(26-2)9-10-18(16)27-3/h5-12H,4,13H2,1-3H3,(H,22,24). The Morgan fingerprint density at radius 2 is 1.82 bits per heavy atom. The maximum absolute atomic E-state index is 12.4. The second kappa shape index (κ2) is 8.47. The van der Waals surface area contributed by atoms with Gasteiger partial charge in [0.05, 0.1) is 25.4 Å². The van der Waals surface area contributed by atoms with Gasteiger partial charge >= 0.3 is 0 Å². The van der Waals surface area contributed by atoms with E-state index in [1.54, 1.807) is 29.9 Å². The molecule has 1 aromatic heterocycles. The van der Waals surface area contributed by atoms with Gasteiger partial charge in [-0.2, -0.15) is 0 Å². The normalized spacial score (nSPS) is 10.5. The number of ether oxygens (including phenoxy) is 3. The van der Waals surface area contributed by atoms with Crippen LogP contribution in [0.25, 0.3) is 10.9 Å². The van der Waals surface area contributed by atoms with Crippen molar-refractivity contribution in [2.75, 3.05) is 26.1 Å². The second-order valence-corrected chi connectivity index (χ2v) is 6.01. The van der Waals surface area contributed by atoms with Crippen LogP contribution in [0.4, 0.5) is 5.69 Å². The highest BCUT2D eigenvalue weighted by molar-refractivity contribution is 5.94. The molecule has 0 spiro atoms. The van der Waals surface area contributed by atoms with Crippen LogP contribution < -0.4 is 25.1 Å². The molecule has 7 heteroatoms. The van der Waals surface area contributed by atoms with Gasteiger partial charge in [0, 0.05) is 24.1 Å². The quantitative estimate of drug-likeness (QED) is 0.679. The predicted molar refractivity (Wildman–Crippen MR) is 108 cm³/mol. The summed E-state index contributed by atoms with van der Waals surface area (Å²) < 4.78 is 17.7. The average Bonchev–Trinajstić information content (AvgIpc) is 2.72. The molecule has 7 nitrogen and oxygen atoms in total. The van der Waals surface area contributed by atoms with E-state index in [1.807, 2.05) is 31.2 Å². The smallest absolute Gasteiger partial charge is 0.262 e. The lowest BCUT2D eigenvalue weighted by molar-refractivity contribution is -0.118. The van der Waals surface area contributed by atoms with Crippen molar-refractivity contribution in [2.45, 2.75) is 13.5 Å². The molecule has 0 aliphatic heterocycles. The summed E-state index contributed by atoms with van der Waals surface area (Å²) in [6, 6.07) is 13.9. The Kier molecular flexibility index (Phi) is 5.84. The summed E-state index contributed by atoms with van der Waals surface area (Å²) in [7, 11) is 3.06. The van der Waals surface area contributed by atoms with Gasteiger partial charge in [-0.25, -0.2) is 0 Å². The minimum absolute atomic E-state index is 0.175. The molecule has 3 rings (SSSR count). The number of aryl methyl sites for hydroxylation is 1. The molecule has 28 heavy (non-hydrogen) atoms. The monoisotopic (exact) mass is 382 g/mol. The fourth-order valence-corrected chi connectivity index (χ4v) is 2.99. The first kappa shape index (κ1) is 19.3. The van der Waals surface area contributed by atoms with E-state index < -0.39 is 0 Å². The summed E-state index contributed by atoms with van der Waals surface area (Å²) >= 11 is 0. The van der Waals surface area contributed by atoms with E-state index >= 15 is 0 Å². The predicted octanol–water partition coefficient (Wildman–Crippen LogP) is 3.06. The minimum atomic E-state index is -0.379. The van der Waals surface area contributed by atoms with Crippen molar-refractivity contribution in [3.8, 4) is 17.2 Å². The van der Waals surface area contributed by atoms with Crippen molar-refractivity contribution in [2.24, 2.45) is 0 Å². The zero-order chi connectivity index (χ0) is 20.1. The molecule has 0 fully saturated rings. The van der Waals surface area contributed by atoms with Gasteiger partial charge in [-0.3, -0.25) is 9.59 Å². The third-order valence-electron chi connectivity index (χ3n) is 4.34. The number of benzene rings is 2. The average molecular weight is 382 g/mol. The maximum atomic E-state index is 12.4. The summed E-state index contributed by atoms with van der Waals surface area (Å²) in [4.78, 5) is 24.7. The van der Waals surface area contributed by atoms with Crippen molar-refractivity contribution in [3.63, 3.8) is 0 Å². The lowest BCUT2D eigenvalue weighted by Crippen LogP contribution is -2.23. The number of hydrogen-bond donors (Lipinski definition) is 1. The number of rotatable bonds is 7. The lowest BCUT2D eigenvalue weighted by Gasteiger charge is -2.14. The number of pyridine rings is 1. The minimum Gasteiger partial charge on any atom is -0.497 e. The molecule has 2 aromatic carbocycles. The van der Waals surface area contributed by atoms with Crippen LogP contribution in [0, 0.1) is 0 Å². The topological polar surface area (TPSA) is 78.8 Å². The molecule has 0 aliphatic carbocycles. The highest BCUT2D eigenvalue weighted by Crippen LogP contribution is 2.29. The molecule has 0 aliphatic rings. The van der Waals surface area contributed by atoms with Crippen LogP contribution >= 0.6 is 0 Å². The summed E-state index contributed by atoms with van der Waals surface area (Å²) in [6.07, 6.45) is 0. The molecule has 0 saturated heterocycles. The van der Waals surface area contributed by atoms with E-state index in [0.717, 1.165) is 10.9 Å². The van der Waals surface area contributed by atoms with Crippen LogP contribution in [0.2, 0.25) is 0 Å². The first-order valence-electron chi connectivity index (χ1n) is 8.84. The number of para-hydroxylation sites is 1. The summed E-state index contributed by atoms with van der Waals surface area (Å²) in [5.74, 6) is 1.09. The van der Waals surface area contributed by atoms with Gasteiger partial charge in [-0.15, -0.1) is 0 Å². The van der Waals surface area contributed by atoms with Gasteiger partial charge in [0.2, 0.25) is 0 Å². The Balaban J connectivity index is 1.80. The van der Waals surface area contributed by atoms with Crippen LogP contribution in [-0.2, 0) is 11.3 Å². The SMILES string of the molecule is CCn1c(=O)cc(OCC(=O)Nc2cc(OC)ccc2OC)c2ccccc21. The van der Waals surface area contributed by atoms with E-state index in [9.17, 15) is 9.59 Å². The van der Waals surface area contributed by atoms with E-state index in [4.69, 9.17) is 14.2 Å². The summed E-state index contributed by atoms with van der Waals surface area (Å²) in [5, 5.41) is 3.51. The number of nitrogens with zero attached hydrogens (tertiary/aromatic N) is 1. The lowest BCUT2D eigenvalue weighted by atomic mass is 10.2. The molecule has 146 valence electrons. The van der Waals surface area contributed by atoms with Gasteiger partial charge < -0.3 is 24.1 Å². The van der Waals surface area contributed by atoms with E-state index in [-0.39, 0.29) is 18.1 Å². The number of methoxy groups -OCH3 is 2. The van der Waals surface area contributed by atoms with E-state index in [1.165, 1.54) is 13.2 Å². The van der Waals surface area contributed by atoms with Crippen molar-refractivity contribution in [3.05, 3.63) is 58.9 Å². The van der Waals surface area contributed by atoms with Crippen molar-refractivity contribution in [1.29, 1.82) is 0 Å². The number of nitrogens with one attached hydrogen (secondary N) is 1. The number of aromatic nitrogens is 1. The third kappa shape index (κ3) is 3.93. The molecule has 1 heterocycles. The molecule has 0 atom stereocenters. The zero-order valence-corrected chi connectivity index (χ0v) is 16.0. The van der Waals surface area contributed by atoms with Crippen LogP contribution in [0.1, 0.15) is 6.92 Å². The Bertz CT molecular complexity index is 1060. The van der Waals surface area contributed by atoms with Crippen LogP contribution in [-0.4, -0.2) is 31.3 Å². The first-order valence-corrected chi connectivity index (χ1v) is 8.84. The first-order chi connectivity index (χ1) is 13.6. The molecular weight excluding hydrogens is 360 g/mol. The Morgan fingerprint density at radius 3 is 2.54 bits per heavy atom. The molecule has 0 radical (unpaired) electrons. The number of carbonyl (C=O) groups excluding carboxylic acids is 1. The van der Waals surface area contributed by atoms with Gasteiger partial charge in [-0.05, 0) is 31.2 Å². The molecule has 3 aromatic rings. The van der Waals surface area contributed by atoms with Crippen LogP contribution in [0.3, 0.4) is 0 Å². The Morgan fingerprint density at radius 1 is 1.04 bits per heavy atom. The molecular formula is C21H22N2O5. The molecule has 0 saturated carbocycles. The Hall–Kier alpha value is -3.48. The number of hydrogen-bond acceptors (Lipinski definition) is 5. The molecule has 0 unspecified atom stereocenters. The molecule has 1 amide bonds. The fraction of sp³-hybridized carbons (Fsp3) is 0.238. The second-order valence-electron chi connectivity index (χ2n) is 6.01. The van der Waals surface area contributed by atoms with Crippen LogP contribution in [0.15, 0.2) is 53.3 Å². The summed E-state index contributed by atoms with van der Waals surface area (Å²) in [6.45, 7) is 2.21. The molecule has 1 N–H and O–H groups in total. The Labute approximate surface area is 162 Å². The number of amides is 1. The fourth-order valence-electron chi connectivity index (χ4n) is 2.99. The number of fused-ring (bicyclic) bond motifs is 1. The summed E-state index contributed by atoms with van der Waals surface area (Å²) in [5.41, 5.74) is 1.06. The highest BCUT2D eigenvalue weighted by Gasteiger charge is 2.13. The zero-order valence-electron chi connectivity index (χ0n) is 16.0. The number of carbonyl (C=O) groups is 1. The van der Waals surface area contributed by atoms with Gasteiger partial charge in [0.1, 0.15) is 17.2 Å². The van der Waals surface area contributed by atoms with Crippen molar-refractivity contribution >= 4 is 22.5 Å². The van der Waals surface area contributed by atoms with E-state index in [0.29, 0.717) is 29.5 Å². The molecule has 0 bridgehead atoms. The van der Waals surface area contributed by atoms with Gasteiger partial charge in [0.15, 0.2) is 6.61 Å². The number of anilines is 1.